The Labute approximate surface area is 204 Å². The molecule has 3 rings (SSSR count). The molecule has 1 aromatic rings. The van der Waals surface area contributed by atoms with E-state index in [1.807, 2.05) is 0 Å². The number of ether oxygens (including phenoxy) is 2. The van der Waals surface area contributed by atoms with Crippen LogP contribution in [0.25, 0.3) is 0 Å². The fraction of sp³-hybridized carbons (Fsp3) is 0.167. The summed E-state index contributed by atoms with van der Waals surface area (Å²) in [5.41, 5.74) is -8.39. The molecular formula is C24H8N10O2. The van der Waals surface area contributed by atoms with E-state index in [4.69, 9.17) is 9.47 Å². The van der Waals surface area contributed by atoms with Crippen LogP contribution in [0.3, 0.4) is 0 Å². The maximum Gasteiger partial charge on any atom is 0.241 e. The van der Waals surface area contributed by atoms with E-state index in [9.17, 15) is 42.1 Å². The summed E-state index contributed by atoms with van der Waals surface area (Å²) in [6.07, 6.45) is 9.04. The Morgan fingerprint density at radius 2 is 0.861 bits per heavy atom. The molecule has 1 heterocycles. The second-order valence-corrected chi connectivity index (χ2v) is 7.29. The van der Waals surface area contributed by atoms with Crippen molar-refractivity contribution in [2.75, 3.05) is 0 Å². The molecule has 0 aliphatic heterocycles. The maximum atomic E-state index is 9.55. The van der Waals surface area contributed by atoms with E-state index in [1.54, 1.807) is 48.6 Å². The van der Waals surface area contributed by atoms with Crippen LogP contribution in [0.15, 0.2) is 60.4 Å². The van der Waals surface area contributed by atoms with E-state index in [0.29, 0.717) is 0 Å². The van der Waals surface area contributed by atoms with Crippen LogP contribution in [-0.2, 0) is 0 Å². The molecule has 0 atom stereocenters. The molecule has 2 aliphatic carbocycles. The van der Waals surface area contributed by atoms with Gasteiger partial charge < -0.3 is 9.47 Å². The van der Waals surface area contributed by atoms with Crippen LogP contribution in [0.2, 0.25) is 0 Å². The highest BCUT2D eigenvalue weighted by atomic mass is 16.5. The molecule has 1 aromatic heterocycles. The van der Waals surface area contributed by atoms with Gasteiger partial charge in [-0.25, -0.2) is 0 Å². The summed E-state index contributed by atoms with van der Waals surface area (Å²) < 4.78 is 11.1. The third kappa shape index (κ3) is 3.41. The lowest BCUT2D eigenvalue weighted by Crippen LogP contribution is -2.37. The van der Waals surface area contributed by atoms with Crippen molar-refractivity contribution in [3.63, 3.8) is 0 Å². The van der Waals surface area contributed by atoms with Gasteiger partial charge in [0.2, 0.25) is 22.6 Å². The van der Waals surface area contributed by atoms with Crippen LogP contribution >= 0.6 is 0 Å². The summed E-state index contributed by atoms with van der Waals surface area (Å²) in [4.78, 5) is 7.97. The number of rotatable bonds is 4. The van der Waals surface area contributed by atoms with Crippen molar-refractivity contribution in [3.8, 4) is 60.3 Å². The molecule has 0 fully saturated rings. The predicted molar refractivity (Wildman–Crippen MR) is 112 cm³/mol. The Kier molecular flexibility index (Phi) is 5.94. The molecule has 0 aromatic carbocycles. The molecule has 36 heavy (non-hydrogen) atoms. The minimum absolute atomic E-state index is 0.0664. The van der Waals surface area contributed by atoms with Crippen LogP contribution in [0, 0.1) is 112 Å². The fourth-order valence-corrected chi connectivity index (χ4v) is 3.31. The molecular weight excluding hydrogens is 460 g/mol. The fourth-order valence-electron chi connectivity index (χ4n) is 3.31. The molecule has 166 valence electrons. The average Bonchev–Trinajstić information content (AvgIpc) is 2.93. The summed E-state index contributed by atoms with van der Waals surface area (Å²) in [6.45, 7) is 0. The van der Waals surface area contributed by atoms with Gasteiger partial charge in [0.05, 0.1) is 60.9 Å². The standard InChI is InChI=1S/C24H8N10O2/c25-9-21(10-26)3-1-17(5-23(21,13-29)14-30)35-19-7-33-8-20(34-19)36-18-2-4-22(11-27,12-28)24(6-18,15-31)16-32/h1-8H. The number of hydrogen-bond donors (Lipinski definition) is 0. The first kappa shape index (κ1) is 24.2. The zero-order valence-electron chi connectivity index (χ0n) is 17.9. The minimum atomic E-state index is -2.15. The zero-order chi connectivity index (χ0) is 26.5. The second kappa shape index (κ2) is 8.83. The van der Waals surface area contributed by atoms with Gasteiger partial charge in [-0.1, -0.05) is 0 Å². The van der Waals surface area contributed by atoms with E-state index in [2.05, 4.69) is 9.97 Å². The van der Waals surface area contributed by atoms with Crippen molar-refractivity contribution in [3.05, 3.63) is 60.4 Å². The smallest absolute Gasteiger partial charge is 0.241 e. The normalized spacial score (nSPS) is 18.8. The molecule has 0 N–H and O–H groups in total. The molecule has 0 radical (unpaired) electrons. The lowest BCUT2D eigenvalue weighted by Gasteiger charge is -2.29. The first-order chi connectivity index (χ1) is 17.3. The van der Waals surface area contributed by atoms with E-state index in [0.717, 1.165) is 24.3 Å². The van der Waals surface area contributed by atoms with Crippen molar-refractivity contribution in [1.82, 2.24) is 9.97 Å². The summed E-state index contributed by atoms with van der Waals surface area (Å²) >= 11 is 0. The Morgan fingerprint density at radius 1 is 0.528 bits per heavy atom. The lowest BCUT2D eigenvalue weighted by atomic mass is 9.64. The van der Waals surface area contributed by atoms with Crippen molar-refractivity contribution in [2.45, 2.75) is 0 Å². The zero-order valence-corrected chi connectivity index (χ0v) is 17.9. The number of aromatic nitrogens is 2. The first-order valence-corrected chi connectivity index (χ1v) is 9.62. The van der Waals surface area contributed by atoms with E-state index >= 15 is 0 Å². The van der Waals surface area contributed by atoms with Gasteiger partial charge in [0.15, 0.2) is 10.8 Å². The van der Waals surface area contributed by atoms with Crippen molar-refractivity contribution < 1.29 is 9.47 Å². The van der Waals surface area contributed by atoms with E-state index < -0.39 is 21.7 Å². The Balaban J connectivity index is 1.92. The van der Waals surface area contributed by atoms with Crippen molar-refractivity contribution in [1.29, 1.82) is 42.1 Å². The number of allylic oxidation sites excluding steroid dienone is 6. The average molecular weight is 468 g/mol. The van der Waals surface area contributed by atoms with Crippen LogP contribution < -0.4 is 9.47 Å². The highest BCUT2D eigenvalue weighted by Gasteiger charge is 2.55. The topological polar surface area (TPSA) is 235 Å². The SMILES string of the molecule is N#CC1(C#N)C=CC(Oc2cncc(OC3=CC(C#N)(C#N)C(C#N)(C#N)C=C3)n2)=CC1(C#N)C#N. The number of nitriles is 8. The molecule has 0 saturated heterocycles. The lowest BCUT2D eigenvalue weighted by molar-refractivity contribution is 0.356. The van der Waals surface area contributed by atoms with Crippen LogP contribution in [0.4, 0.5) is 0 Å². The molecule has 12 nitrogen and oxygen atoms in total. The quantitative estimate of drug-likeness (QED) is 0.618. The number of hydrogen-bond acceptors (Lipinski definition) is 12. The van der Waals surface area contributed by atoms with Gasteiger partial charge in [-0.15, -0.1) is 0 Å². The largest absolute Gasteiger partial charge is 0.438 e. The van der Waals surface area contributed by atoms with Crippen LogP contribution in [-0.4, -0.2) is 9.97 Å². The van der Waals surface area contributed by atoms with Crippen molar-refractivity contribution >= 4 is 0 Å². The maximum absolute atomic E-state index is 9.55. The van der Waals surface area contributed by atoms with Gasteiger partial charge in [0.1, 0.15) is 11.5 Å². The molecule has 2 aliphatic rings. The summed E-state index contributed by atoms with van der Waals surface area (Å²) in [6, 6.07) is 13.5. The Morgan fingerprint density at radius 3 is 1.17 bits per heavy atom. The van der Waals surface area contributed by atoms with Crippen LogP contribution in [0.1, 0.15) is 0 Å². The monoisotopic (exact) mass is 468 g/mol. The van der Waals surface area contributed by atoms with Gasteiger partial charge >= 0.3 is 0 Å². The van der Waals surface area contributed by atoms with E-state index in [1.165, 1.54) is 24.5 Å². The van der Waals surface area contributed by atoms with Gasteiger partial charge in [-0.05, 0) is 36.5 Å². The summed E-state index contributed by atoms with van der Waals surface area (Å²) in [5.74, 6) is -0.457. The summed E-state index contributed by atoms with van der Waals surface area (Å²) in [5, 5.41) is 75.9. The first-order valence-electron chi connectivity index (χ1n) is 9.62. The van der Waals surface area contributed by atoms with Gasteiger partial charge in [-0.2, -0.15) is 47.1 Å². The molecule has 0 saturated carbocycles. The minimum Gasteiger partial charge on any atom is -0.438 e. The Hall–Kier alpha value is -6.44. The van der Waals surface area contributed by atoms with Gasteiger partial charge in [0, 0.05) is 0 Å². The summed E-state index contributed by atoms with van der Waals surface area (Å²) in [7, 11) is 0. The molecule has 0 unspecified atom stereocenters. The highest BCUT2D eigenvalue weighted by Crippen LogP contribution is 2.46. The third-order valence-corrected chi connectivity index (χ3v) is 5.40. The van der Waals surface area contributed by atoms with E-state index in [-0.39, 0.29) is 23.3 Å². The van der Waals surface area contributed by atoms with Gasteiger partial charge in [0.25, 0.3) is 0 Å². The van der Waals surface area contributed by atoms with Gasteiger partial charge in [-0.3, -0.25) is 4.98 Å². The molecule has 0 bridgehead atoms. The molecule has 12 heteroatoms. The van der Waals surface area contributed by atoms with Crippen molar-refractivity contribution in [2.24, 2.45) is 21.7 Å². The highest BCUT2D eigenvalue weighted by molar-refractivity contribution is 5.51. The predicted octanol–water partition coefficient (Wildman–Crippen LogP) is 2.28. The molecule has 0 amide bonds. The Bertz CT molecular complexity index is 1430. The van der Waals surface area contributed by atoms with Crippen LogP contribution in [0.5, 0.6) is 11.8 Å². The second-order valence-electron chi connectivity index (χ2n) is 7.29. The third-order valence-electron chi connectivity index (χ3n) is 5.40. The number of nitrogens with zero attached hydrogens (tertiary/aromatic N) is 10. The molecule has 0 spiro atoms.